The largest absolute Gasteiger partial charge is 0.870 e. The van der Waals surface area contributed by atoms with Crippen LogP contribution < -0.4 is 0 Å². The standard InChI is InChI=1S/C18H38N.H2O/c1-4-7-10-15-19(18-13-14-18,16-11-8-5-2)17-12-9-6-3;/h18H,4-17H2,1-3H3;1H2/q+1;/p-1. The van der Waals surface area contributed by atoms with Crippen molar-refractivity contribution < 1.29 is 9.96 Å². The summed E-state index contributed by atoms with van der Waals surface area (Å²) in [7, 11) is 0. The van der Waals surface area contributed by atoms with Gasteiger partial charge in [0.25, 0.3) is 0 Å². The van der Waals surface area contributed by atoms with E-state index in [4.69, 9.17) is 0 Å². The van der Waals surface area contributed by atoms with E-state index in [-0.39, 0.29) is 5.48 Å². The molecular weight excluding hydrogens is 246 g/mol. The van der Waals surface area contributed by atoms with Gasteiger partial charge in [-0.3, -0.25) is 0 Å². The van der Waals surface area contributed by atoms with Gasteiger partial charge in [-0.15, -0.1) is 0 Å². The fourth-order valence-electron chi connectivity index (χ4n) is 3.54. The zero-order valence-corrected chi connectivity index (χ0v) is 14.4. The van der Waals surface area contributed by atoms with Gasteiger partial charge in [-0.1, -0.05) is 40.0 Å². The summed E-state index contributed by atoms with van der Waals surface area (Å²) in [6, 6.07) is 1.05. The van der Waals surface area contributed by atoms with Crippen LogP contribution >= 0.6 is 0 Å². The van der Waals surface area contributed by atoms with Gasteiger partial charge < -0.3 is 9.96 Å². The van der Waals surface area contributed by atoms with Gasteiger partial charge in [-0.2, -0.15) is 0 Å². The SMILES string of the molecule is CCCCC[N+](CCCCC)(CCCCC)C1CC1.[OH-]. The Morgan fingerprint density at radius 3 is 1.25 bits per heavy atom. The summed E-state index contributed by atoms with van der Waals surface area (Å²) in [5, 5.41) is 0. The molecule has 0 bridgehead atoms. The van der Waals surface area contributed by atoms with E-state index in [0.717, 1.165) is 6.04 Å². The zero-order valence-electron chi connectivity index (χ0n) is 14.4. The summed E-state index contributed by atoms with van der Waals surface area (Å²) < 4.78 is 1.50. The molecule has 0 aromatic carbocycles. The molecule has 1 aliphatic rings. The number of unbranched alkanes of at least 4 members (excludes halogenated alkanes) is 6. The summed E-state index contributed by atoms with van der Waals surface area (Å²) >= 11 is 0. The van der Waals surface area contributed by atoms with Crippen molar-refractivity contribution in [2.75, 3.05) is 19.6 Å². The highest BCUT2D eigenvalue weighted by Gasteiger charge is 2.43. The molecule has 20 heavy (non-hydrogen) atoms. The molecule has 0 aromatic rings. The lowest BCUT2D eigenvalue weighted by Crippen LogP contribution is -2.52. The molecule has 0 amide bonds. The quantitative estimate of drug-likeness (QED) is 0.331. The topological polar surface area (TPSA) is 30.0 Å². The van der Waals surface area contributed by atoms with Gasteiger partial charge in [0.1, 0.15) is 0 Å². The van der Waals surface area contributed by atoms with Crippen molar-refractivity contribution in [3.05, 3.63) is 0 Å². The summed E-state index contributed by atoms with van der Waals surface area (Å²) in [5.41, 5.74) is 0. The number of hydrogen-bond donors (Lipinski definition) is 0. The minimum Gasteiger partial charge on any atom is -0.870 e. The van der Waals surface area contributed by atoms with E-state index >= 15 is 0 Å². The van der Waals surface area contributed by atoms with E-state index in [0.29, 0.717) is 0 Å². The second kappa shape index (κ2) is 11.6. The molecule has 0 unspecified atom stereocenters. The summed E-state index contributed by atoms with van der Waals surface area (Å²) in [4.78, 5) is 0. The maximum atomic E-state index is 2.33. The summed E-state index contributed by atoms with van der Waals surface area (Å²) in [5.74, 6) is 0. The highest BCUT2D eigenvalue weighted by molar-refractivity contribution is 4.76. The number of nitrogens with zero attached hydrogens (tertiary/aromatic N) is 1. The lowest BCUT2D eigenvalue weighted by atomic mass is 10.1. The first-order chi connectivity index (χ1) is 9.29. The molecule has 0 spiro atoms. The van der Waals surface area contributed by atoms with Crippen molar-refractivity contribution in [2.45, 2.75) is 97.4 Å². The smallest absolute Gasteiger partial charge is 0.0894 e. The van der Waals surface area contributed by atoms with E-state index < -0.39 is 0 Å². The first-order valence-electron chi connectivity index (χ1n) is 9.14. The van der Waals surface area contributed by atoms with Crippen LogP contribution in [0.2, 0.25) is 0 Å². The van der Waals surface area contributed by atoms with Gasteiger partial charge in [0, 0.05) is 12.8 Å². The zero-order chi connectivity index (χ0) is 14.0. The van der Waals surface area contributed by atoms with Gasteiger partial charge in [0.05, 0.1) is 25.7 Å². The second-order valence-electron chi connectivity index (χ2n) is 6.74. The third-order valence-corrected chi connectivity index (χ3v) is 4.94. The van der Waals surface area contributed by atoms with Crippen LogP contribution in [0.1, 0.15) is 91.4 Å². The van der Waals surface area contributed by atoms with Crippen molar-refractivity contribution in [2.24, 2.45) is 0 Å². The number of hydrogen-bond acceptors (Lipinski definition) is 1. The molecule has 1 fully saturated rings. The van der Waals surface area contributed by atoms with Crippen LogP contribution in [-0.2, 0) is 0 Å². The van der Waals surface area contributed by atoms with Crippen LogP contribution in [0.25, 0.3) is 0 Å². The third kappa shape index (κ3) is 7.08. The summed E-state index contributed by atoms with van der Waals surface area (Å²) in [6.07, 6.45) is 15.9. The van der Waals surface area contributed by atoms with Crippen molar-refractivity contribution in [3.63, 3.8) is 0 Å². The fourth-order valence-corrected chi connectivity index (χ4v) is 3.54. The molecule has 122 valence electrons. The number of quaternary nitrogens is 1. The van der Waals surface area contributed by atoms with Crippen molar-refractivity contribution >= 4 is 0 Å². The number of rotatable bonds is 13. The highest BCUT2D eigenvalue weighted by Crippen LogP contribution is 2.35. The molecule has 0 aliphatic heterocycles. The van der Waals surface area contributed by atoms with Crippen LogP contribution in [0.5, 0.6) is 0 Å². The van der Waals surface area contributed by atoms with Gasteiger partial charge in [-0.25, -0.2) is 0 Å². The molecular formula is C18H39NO. The van der Waals surface area contributed by atoms with Crippen LogP contribution in [0.4, 0.5) is 0 Å². The monoisotopic (exact) mass is 285 g/mol. The van der Waals surface area contributed by atoms with E-state index in [1.807, 2.05) is 0 Å². The molecule has 1 saturated carbocycles. The first-order valence-corrected chi connectivity index (χ1v) is 9.14. The van der Waals surface area contributed by atoms with Crippen molar-refractivity contribution in [1.29, 1.82) is 0 Å². The Bertz CT molecular complexity index is 187. The average molecular weight is 286 g/mol. The Hall–Kier alpha value is -0.0800. The van der Waals surface area contributed by atoms with Gasteiger partial charge in [0.15, 0.2) is 0 Å². The molecule has 0 atom stereocenters. The Morgan fingerprint density at radius 1 is 0.650 bits per heavy atom. The molecule has 0 radical (unpaired) electrons. The molecule has 0 saturated heterocycles. The Labute approximate surface area is 127 Å². The molecule has 1 rings (SSSR count). The van der Waals surface area contributed by atoms with Gasteiger partial charge in [0.2, 0.25) is 0 Å². The first kappa shape index (κ1) is 19.9. The second-order valence-corrected chi connectivity index (χ2v) is 6.74. The van der Waals surface area contributed by atoms with Crippen molar-refractivity contribution in [1.82, 2.24) is 0 Å². The Morgan fingerprint density at radius 2 is 1.00 bits per heavy atom. The predicted octanol–water partition coefficient (Wildman–Crippen LogP) is 5.36. The predicted molar refractivity (Wildman–Crippen MR) is 88.4 cm³/mol. The van der Waals surface area contributed by atoms with Crippen molar-refractivity contribution in [3.8, 4) is 0 Å². The van der Waals surface area contributed by atoms with Crippen LogP contribution in [0, 0.1) is 0 Å². The van der Waals surface area contributed by atoms with E-state index in [1.165, 1.54) is 94.7 Å². The maximum Gasteiger partial charge on any atom is 0.0894 e. The molecule has 1 N–H and O–H groups in total. The minimum absolute atomic E-state index is 0. The summed E-state index contributed by atoms with van der Waals surface area (Å²) in [6.45, 7) is 11.4. The lowest BCUT2D eigenvalue weighted by Gasteiger charge is -2.40. The van der Waals surface area contributed by atoms with E-state index in [1.54, 1.807) is 0 Å². The average Bonchev–Trinajstić information content (AvgIpc) is 3.23. The molecule has 0 heterocycles. The molecule has 0 aromatic heterocycles. The normalized spacial score (nSPS) is 15.2. The van der Waals surface area contributed by atoms with E-state index in [2.05, 4.69) is 20.8 Å². The van der Waals surface area contributed by atoms with Gasteiger partial charge >= 0.3 is 0 Å². The Balaban J connectivity index is 0.00000361. The Kier molecular flexibility index (Phi) is 11.5. The third-order valence-electron chi connectivity index (χ3n) is 4.94. The highest BCUT2D eigenvalue weighted by atomic mass is 16.0. The van der Waals surface area contributed by atoms with Crippen LogP contribution in [0.15, 0.2) is 0 Å². The van der Waals surface area contributed by atoms with Crippen LogP contribution in [0.3, 0.4) is 0 Å². The van der Waals surface area contributed by atoms with E-state index in [9.17, 15) is 0 Å². The maximum absolute atomic E-state index is 2.33. The molecule has 2 heteroatoms. The molecule has 1 aliphatic carbocycles. The fraction of sp³-hybridized carbons (Fsp3) is 1.00. The van der Waals surface area contributed by atoms with Crippen LogP contribution in [-0.4, -0.2) is 35.6 Å². The molecule has 2 nitrogen and oxygen atoms in total. The van der Waals surface area contributed by atoms with Gasteiger partial charge in [-0.05, 0) is 38.5 Å². The minimum atomic E-state index is 0. The lowest BCUT2D eigenvalue weighted by molar-refractivity contribution is -0.939.